The van der Waals surface area contributed by atoms with Gasteiger partial charge in [-0.2, -0.15) is 5.10 Å². The van der Waals surface area contributed by atoms with Crippen LogP contribution in [0.4, 0.5) is 16.3 Å². The number of carbonyl (C=O) groups excluding carboxylic acids is 1. The normalized spacial score (nSPS) is 14.2. The van der Waals surface area contributed by atoms with Crippen molar-refractivity contribution in [1.82, 2.24) is 10.2 Å². The van der Waals surface area contributed by atoms with E-state index in [1.165, 1.54) is 0 Å². The first kappa shape index (κ1) is 17.3. The predicted molar refractivity (Wildman–Crippen MR) is 96.1 cm³/mol. The number of rotatable bonds is 7. The Kier molecular flexibility index (Phi) is 5.55. The van der Waals surface area contributed by atoms with E-state index in [1.807, 2.05) is 18.2 Å². The van der Waals surface area contributed by atoms with E-state index in [9.17, 15) is 4.79 Å². The molecule has 1 fully saturated rings. The SMILES string of the molecule is CC(C)CCc1cc(NC(=O)Nc2ccc(OC3COC3)cc2)n[nH]1. The number of benzene rings is 1. The van der Waals surface area contributed by atoms with Crippen LogP contribution in [0.15, 0.2) is 30.3 Å². The van der Waals surface area contributed by atoms with Crippen molar-refractivity contribution >= 4 is 17.5 Å². The standard InChI is InChI=1S/C18H24N4O3/c1-12(2)3-4-14-9-17(22-21-14)20-18(23)19-13-5-7-15(8-6-13)25-16-10-24-11-16/h5-9,12,16H,3-4,10-11H2,1-2H3,(H3,19,20,21,22,23). The number of nitrogens with one attached hydrogen (secondary N) is 3. The minimum atomic E-state index is -0.331. The second-order valence-electron chi connectivity index (χ2n) is 6.59. The summed E-state index contributed by atoms with van der Waals surface area (Å²) in [4.78, 5) is 12.1. The summed E-state index contributed by atoms with van der Waals surface area (Å²) in [6, 6.07) is 8.78. The molecule has 7 heteroatoms. The third-order valence-electron chi connectivity index (χ3n) is 3.89. The molecule has 134 valence electrons. The Balaban J connectivity index is 1.47. The molecule has 0 saturated carbocycles. The van der Waals surface area contributed by atoms with E-state index in [2.05, 4.69) is 34.7 Å². The predicted octanol–water partition coefficient (Wildman–Crippen LogP) is 3.42. The number of H-pyrrole nitrogens is 1. The molecular formula is C18H24N4O3. The minimum Gasteiger partial charge on any atom is -0.486 e. The van der Waals surface area contributed by atoms with Crippen LogP contribution in [0.25, 0.3) is 0 Å². The molecule has 3 rings (SSSR count). The van der Waals surface area contributed by atoms with Gasteiger partial charge in [-0.3, -0.25) is 10.4 Å². The molecule has 25 heavy (non-hydrogen) atoms. The molecule has 0 bridgehead atoms. The number of aryl methyl sites for hydroxylation is 1. The maximum Gasteiger partial charge on any atom is 0.324 e. The van der Waals surface area contributed by atoms with Gasteiger partial charge in [0.2, 0.25) is 0 Å². The highest BCUT2D eigenvalue weighted by Gasteiger charge is 2.19. The number of ether oxygens (including phenoxy) is 2. The van der Waals surface area contributed by atoms with Gasteiger partial charge in [0.25, 0.3) is 0 Å². The molecule has 0 atom stereocenters. The van der Waals surface area contributed by atoms with E-state index in [0.717, 1.165) is 24.3 Å². The lowest BCUT2D eigenvalue weighted by atomic mass is 10.1. The maximum absolute atomic E-state index is 12.1. The summed E-state index contributed by atoms with van der Waals surface area (Å²) >= 11 is 0. The second-order valence-corrected chi connectivity index (χ2v) is 6.59. The Morgan fingerprint density at radius 1 is 1.32 bits per heavy atom. The van der Waals surface area contributed by atoms with E-state index in [4.69, 9.17) is 9.47 Å². The van der Waals surface area contributed by atoms with Crippen molar-refractivity contribution in [3.8, 4) is 5.75 Å². The molecule has 0 spiro atoms. The second kappa shape index (κ2) is 8.02. The van der Waals surface area contributed by atoms with Crippen LogP contribution >= 0.6 is 0 Å². The minimum absolute atomic E-state index is 0.131. The number of amides is 2. The third kappa shape index (κ3) is 5.22. The van der Waals surface area contributed by atoms with Crippen LogP contribution in [0.5, 0.6) is 5.75 Å². The van der Waals surface area contributed by atoms with Gasteiger partial charge < -0.3 is 14.8 Å². The average Bonchev–Trinajstić information content (AvgIpc) is 2.98. The largest absolute Gasteiger partial charge is 0.486 e. The van der Waals surface area contributed by atoms with Crippen molar-refractivity contribution in [1.29, 1.82) is 0 Å². The van der Waals surface area contributed by atoms with Crippen molar-refractivity contribution in [2.24, 2.45) is 5.92 Å². The van der Waals surface area contributed by atoms with E-state index in [1.54, 1.807) is 12.1 Å². The zero-order valence-corrected chi connectivity index (χ0v) is 14.5. The first-order valence-corrected chi connectivity index (χ1v) is 8.55. The number of urea groups is 1. The van der Waals surface area contributed by atoms with E-state index in [-0.39, 0.29) is 12.1 Å². The molecule has 1 aliphatic heterocycles. The van der Waals surface area contributed by atoms with Gasteiger partial charge in [-0.05, 0) is 43.0 Å². The van der Waals surface area contributed by atoms with Gasteiger partial charge in [0.05, 0.1) is 13.2 Å². The monoisotopic (exact) mass is 344 g/mol. The topological polar surface area (TPSA) is 88.3 Å². The van der Waals surface area contributed by atoms with Crippen LogP contribution in [0.2, 0.25) is 0 Å². The molecule has 1 aliphatic rings. The fourth-order valence-electron chi connectivity index (χ4n) is 2.37. The number of hydrogen-bond acceptors (Lipinski definition) is 4. The molecule has 2 aromatic rings. The highest BCUT2D eigenvalue weighted by Crippen LogP contribution is 2.19. The molecule has 0 unspecified atom stereocenters. The average molecular weight is 344 g/mol. The first-order chi connectivity index (χ1) is 12.1. The molecule has 2 heterocycles. The molecule has 1 aromatic carbocycles. The zero-order chi connectivity index (χ0) is 17.6. The molecule has 0 radical (unpaired) electrons. The summed E-state index contributed by atoms with van der Waals surface area (Å²) in [5.41, 5.74) is 1.70. The van der Waals surface area contributed by atoms with Gasteiger partial charge in [0.1, 0.15) is 11.9 Å². The van der Waals surface area contributed by atoms with Gasteiger partial charge in [-0.25, -0.2) is 4.79 Å². The smallest absolute Gasteiger partial charge is 0.324 e. The van der Waals surface area contributed by atoms with Gasteiger partial charge in [-0.1, -0.05) is 13.8 Å². The highest BCUT2D eigenvalue weighted by atomic mass is 16.6. The molecule has 2 amide bonds. The summed E-state index contributed by atoms with van der Waals surface area (Å²) in [6.45, 7) is 5.62. The Morgan fingerprint density at radius 3 is 2.72 bits per heavy atom. The number of aromatic nitrogens is 2. The quantitative estimate of drug-likeness (QED) is 0.718. The van der Waals surface area contributed by atoms with Crippen LogP contribution in [0.1, 0.15) is 26.0 Å². The molecule has 1 saturated heterocycles. The Bertz CT molecular complexity index is 693. The highest BCUT2D eigenvalue weighted by molar-refractivity contribution is 5.99. The van der Waals surface area contributed by atoms with Crippen LogP contribution in [-0.4, -0.2) is 35.5 Å². The Morgan fingerprint density at radius 2 is 2.08 bits per heavy atom. The molecule has 7 nitrogen and oxygen atoms in total. The van der Waals surface area contributed by atoms with Crippen LogP contribution < -0.4 is 15.4 Å². The number of hydrogen-bond donors (Lipinski definition) is 3. The van der Waals surface area contributed by atoms with E-state index >= 15 is 0 Å². The van der Waals surface area contributed by atoms with Crippen LogP contribution in [0, 0.1) is 5.92 Å². The molecule has 1 aromatic heterocycles. The summed E-state index contributed by atoms with van der Waals surface area (Å²) in [6.07, 6.45) is 2.13. The Hall–Kier alpha value is -2.54. The number of aromatic amines is 1. The van der Waals surface area contributed by atoms with E-state index < -0.39 is 0 Å². The summed E-state index contributed by atoms with van der Waals surface area (Å²) < 4.78 is 10.8. The van der Waals surface area contributed by atoms with Crippen molar-refractivity contribution in [2.45, 2.75) is 32.8 Å². The number of carbonyl (C=O) groups is 1. The lowest BCUT2D eigenvalue weighted by Crippen LogP contribution is -2.38. The molecular weight excluding hydrogens is 320 g/mol. The number of anilines is 2. The van der Waals surface area contributed by atoms with Crippen molar-refractivity contribution in [3.63, 3.8) is 0 Å². The summed E-state index contributed by atoms with van der Waals surface area (Å²) in [5, 5.41) is 12.6. The van der Waals surface area contributed by atoms with Crippen molar-refractivity contribution in [2.75, 3.05) is 23.8 Å². The van der Waals surface area contributed by atoms with Crippen LogP contribution in [0.3, 0.4) is 0 Å². The lowest BCUT2D eigenvalue weighted by Gasteiger charge is -2.26. The fourth-order valence-corrected chi connectivity index (χ4v) is 2.37. The van der Waals surface area contributed by atoms with E-state index in [0.29, 0.717) is 30.6 Å². The van der Waals surface area contributed by atoms with Gasteiger partial charge in [0.15, 0.2) is 5.82 Å². The number of nitrogens with zero attached hydrogens (tertiary/aromatic N) is 1. The van der Waals surface area contributed by atoms with Gasteiger partial charge >= 0.3 is 6.03 Å². The maximum atomic E-state index is 12.1. The summed E-state index contributed by atoms with van der Waals surface area (Å²) in [7, 11) is 0. The van der Waals surface area contributed by atoms with Gasteiger partial charge in [-0.15, -0.1) is 0 Å². The molecule has 3 N–H and O–H groups in total. The third-order valence-corrected chi connectivity index (χ3v) is 3.89. The zero-order valence-electron chi connectivity index (χ0n) is 14.5. The lowest BCUT2D eigenvalue weighted by molar-refractivity contribution is -0.0796. The fraction of sp³-hybridized carbons (Fsp3) is 0.444. The summed E-state index contributed by atoms with van der Waals surface area (Å²) in [5.74, 6) is 1.91. The first-order valence-electron chi connectivity index (χ1n) is 8.55. The van der Waals surface area contributed by atoms with Gasteiger partial charge in [0, 0.05) is 17.4 Å². The van der Waals surface area contributed by atoms with Crippen molar-refractivity contribution in [3.05, 3.63) is 36.0 Å². The van der Waals surface area contributed by atoms with Crippen molar-refractivity contribution < 1.29 is 14.3 Å². The Labute approximate surface area is 147 Å². The van der Waals surface area contributed by atoms with Crippen LogP contribution in [-0.2, 0) is 11.2 Å². The molecule has 0 aliphatic carbocycles.